The molecule has 0 spiro atoms. The second kappa shape index (κ2) is 5.47. The lowest BCUT2D eigenvalue weighted by atomic mass is 9.78. The van der Waals surface area contributed by atoms with E-state index in [1.807, 2.05) is 0 Å². The van der Waals surface area contributed by atoms with Gasteiger partial charge in [0, 0.05) is 5.16 Å². The first kappa shape index (κ1) is 12.9. The second-order valence-electron chi connectivity index (χ2n) is 5.35. The van der Waals surface area contributed by atoms with E-state index in [0.717, 1.165) is 0 Å². The van der Waals surface area contributed by atoms with Gasteiger partial charge in [-0.2, -0.15) is 0 Å². The Morgan fingerprint density at radius 1 is 0.684 bits per heavy atom. The van der Waals surface area contributed by atoms with Gasteiger partial charge in [0.05, 0.1) is 0 Å². The van der Waals surface area contributed by atoms with Crippen molar-refractivity contribution < 1.29 is 0 Å². The molecule has 1 aliphatic carbocycles. The van der Waals surface area contributed by atoms with E-state index in [2.05, 4.69) is 69.9 Å². The molecular weight excluding hydrogens is 247 g/mol. The van der Waals surface area contributed by atoms with Crippen LogP contribution in [0.4, 0.5) is 0 Å². The van der Waals surface area contributed by atoms with E-state index in [1.54, 1.807) is 5.92 Å². The molecule has 1 unspecified atom stereocenters. The Balaban J connectivity index is 2.10. The fraction of sp³-hybridized carbons (Fsp3) is 0.278. The zero-order chi connectivity index (χ0) is 13.1. The monoisotopic (exact) mass is 267 g/mol. The standard InChI is InChI=1S/C18H20P/c19-18(17-13-7-8-14-17,15-9-3-1-4-10-15)16-11-5-2-6-12-16/h1-6,9-12H,7-8,13-14,19H2. The van der Waals surface area contributed by atoms with Crippen molar-refractivity contribution in [2.75, 3.05) is 0 Å². The molecule has 1 fully saturated rings. The summed E-state index contributed by atoms with van der Waals surface area (Å²) in [4.78, 5) is 0. The molecule has 0 aliphatic heterocycles. The zero-order valence-electron chi connectivity index (χ0n) is 11.2. The van der Waals surface area contributed by atoms with Crippen LogP contribution in [0.25, 0.3) is 0 Å². The van der Waals surface area contributed by atoms with Crippen molar-refractivity contribution in [2.45, 2.75) is 30.8 Å². The maximum Gasteiger partial charge on any atom is 0.0406 e. The normalized spacial score (nSPS) is 16.7. The van der Waals surface area contributed by atoms with Gasteiger partial charge in [-0.05, 0) is 29.9 Å². The topological polar surface area (TPSA) is 0 Å². The van der Waals surface area contributed by atoms with E-state index < -0.39 is 0 Å². The zero-order valence-corrected chi connectivity index (χ0v) is 12.3. The molecule has 3 rings (SSSR count). The minimum atomic E-state index is -0.000972. The van der Waals surface area contributed by atoms with E-state index in [4.69, 9.17) is 0 Å². The summed E-state index contributed by atoms with van der Waals surface area (Å²) in [6.07, 6.45) is 5.19. The Labute approximate surface area is 118 Å². The molecule has 0 amide bonds. The third-order valence-electron chi connectivity index (χ3n) is 4.22. The van der Waals surface area contributed by atoms with Crippen LogP contribution in [-0.2, 0) is 5.16 Å². The predicted molar refractivity (Wildman–Crippen MR) is 85.1 cm³/mol. The quantitative estimate of drug-likeness (QED) is 0.690. The minimum absolute atomic E-state index is 0.000972. The van der Waals surface area contributed by atoms with Gasteiger partial charge in [-0.3, -0.25) is 0 Å². The molecule has 2 aromatic rings. The lowest BCUT2D eigenvalue weighted by Gasteiger charge is -2.36. The average molecular weight is 267 g/mol. The van der Waals surface area contributed by atoms with Crippen LogP contribution in [0.15, 0.2) is 60.7 Å². The molecule has 0 N–H and O–H groups in total. The molecule has 0 bridgehead atoms. The molecule has 19 heavy (non-hydrogen) atoms. The summed E-state index contributed by atoms with van der Waals surface area (Å²) in [5, 5.41) is -0.000972. The van der Waals surface area contributed by atoms with Crippen LogP contribution in [0.3, 0.4) is 0 Å². The number of hydrogen-bond donors (Lipinski definition) is 0. The molecule has 0 nitrogen and oxygen atoms in total. The van der Waals surface area contributed by atoms with Crippen LogP contribution >= 0.6 is 9.24 Å². The summed E-state index contributed by atoms with van der Waals surface area (Å²) in [5.74, 6) is 1.66. The van der Waals surface area contributed by atoms with Crippen LogP contribution in [-0.4, -0.2) is 0 Å². The van der Waals surface area contributed by atoms with E-state index in [-0.39, 0.29) is 5.16 Å². The first-order valence-corrected chi connectivity index (χ1v) is 7.64. The fourth-order valence-electron chi connectivity index (χ4n) is 3.17. The largest absolute Gasteiger partial charge is 0.121 e. The Kier molecular flexibility index (Phi) is 3.71. The van der Waals surface area contributed by atoms with Crippen molar-refractivity contribution in [1.29, 1.82) is 0 Å². The highest BCUT2D eigenvalue weighted by Gasteiger charge is 2.39. The Morgan fingerprint density at radius 2 is 1.11 bits per heavy atom. The molecule has 0 aromatic heterocycles. The number of rotatable bonds is 3. The van der Waals surface area contributed by atoms with Gasteiger partial charge in [0.2, 0.25) is 0 Å². The van der Waals surface area contributed by atoms with E-state index >= 15 is 0 Å². The van der Waals surface area contributed by atoms with Gasteiger partial charge in [0.25, 0.3) is 0 Å². The van der Waals surface area contributed by atoms with Gasteiger partial charge >= 0.3 is 0 Å². The summed E-state index contributed by atoms with van der Waals surface area (Å²) in [6, 6.07) is 21.8. The van der Waals surface area contributed by atoms with E-state index in [9.17, 15) is 0 Å². The van der Waals surface area contributed by atoms with Crippen molar-refractivity contribution in [3.8, 4) is 0 Å². The minimum Gasteiger partial charge on any atom is -0.121 e. The van der Waals surface area contributed by atoms with Gasteiger partial charge in [0.15, 0.2) is 0 Å². The number of benzene rings is 2. The summed E-state index contributed by atoms with van der Waals surface area (Å²) in [5.41, 5.74) is 2.78. The highest BCUT2D eigenvalue weighted by atomic mass is 31.0. The summed E-state index contributed by atoms with van der Waals surface area (Å²) >= 11 is 0. The van der Waals surface area contributed by atoms with Crippen molar-refractivity contribution >= 4 is 9.24 Å². The van der Waals surface area contributed by atoms with Crippen molar-refractivity contribution in [2.24, 2.45) is 0 Å². The molecule has 2 aromatic carbocycles. The van der Waals surface area contributed by atoms with E-state index in [0.29, 0.717) is 0 Å². The predicted octanol–water partition coefficient (Wildman–Crippen LogP) is 4.95. The molecule has 1 aliphatic rings. The highest BCUT2D eigenvalue weighted by molar-refractivity contribution is 7.19. The molecule has 97 valence electrons. The first-order valence-electron chi connectivity index (χ1n) is 7.07. The number of hydrogen-bond acceptors (Lipinski definition) is 0. The van der Waals surface area contributed by atoms with Gasteiger partial charge in [0.1, 0.15) is 0 Å². The van der Waals surface area contributed by atoms with E-state index in [1.165, 1.54) is 36.8 Å². The molecule has 0 heterocycles. The van der Waals surface area contributed by atoms with Crippen molar-refractivity contribution in [3.63, 3.8) is 0 Å². The van der Waals surface area contributed by atoms with Crippen LogP contribution < -0.4 is 0 Å². The van der Waals surface area contributed by atoms with Crippen LogP contribution in [0.1, 0.15) is 36.8 Å². The van der Waals surface area contributed by atoms with Gasteiger partial charge < -0.3 is 0 Å². The summed E-state index contributed by atoms with van der Waals surface area (Å²) in [7, 11) is 3.15. The molecule has 1 saturated carbocycles. The van der Waals surface area contributed by atoms with Gasteiger partial charge in [-0.1, -0.05) is 73.5 Å². The SMILES string of the molecule is PC([C]1CCCC1)(c1ccccc1)c1ccccc1. The molecular formula is C18H20P. The molecule has 1 heteroatoms. The lowest BCUT2D eigenvalue weighted by molar-refractivity contribution is 0.688. The van der Waals surface area contributed by atoms with Crippen LogP contribution in [0.2, 0.25) is 0 Å². The van der Waals surface area contributed by atoms with Crippen molar-refractivity contribution in [3.05, 3.63) is 77.7 Å². The Hall–Kier alpha value is -1.13. The maximum atomic E-state index is 3.15. The Bertz CT molecular complexity index is 472. The van der Waals surface area contributed by atoms with Gasteiger partial charge in [-0.15, -0.1) is 9.24 Å². The first-order chi connectivity index (χ1) is 9.32. The average Bonchev–Trinajstić information content (AvgIpc) is 3.03. The Morgan fingerprint density at radius 3 is 1.53 bits per heavy atom. The lowest BCUT2D eigenvalue weighted by Crippen LogP contribution is -2.27. The smallest absolute Gasteiger partial charge is 0.0406 e. The maximum absolute atomic E-state index is 3.15. The van der Waals surface area contributed by atoms with Crippen LogP contribution in [0.5, 0.6) is 0 Å². The highest BCUT2D eigenvalue weighted by Crippen LogP contribution is 2.52. The fourth-order valence-corrected chi connectivity index (χ4v) is 3.85. The summed E-state index contributed by atoms with van der Waals surface area (Å²) < 4.78 is 0. The molecule has 1 radical (unpaired) electrons. The van der Waals surface area contributed by atoms with Crippen LogP contribution in [0, 0.1) is 5.92 Å². The third kappa shape index (κ3) is 2.35. The second-order valence-corrected chi connectivity index (χ2v) is 6.22. The molecule has 0 saturated heterocycles. The molecule has 1 atom stereocenters. The van der Waals surface area contributed by atoms with Gasteiger partial charge in [-0.25, -0.2) is 0 Å². The van der Waals surface area contributed by atoms with Crippen molar-refractivity contribution in [1.82, 2.24) is 0 Å². The third-order valence-corrected chi connectivity index (χ3v) is 5.30. The summed E-state index contributed by atoms with van der Waals surface area (Å²) in [6.45, 7) is 0.